The second-order valence-electron chi connectivity index (χ2n) is 8.36. The molecule has 0 radical (unpaired) electrons. The van der Waals surface area contributed by atoms with Crippen molar-refractivity contribution in [1.82, 2.24) is 4.90 Å². The molecule has 6 heteroatoms. The maximum Gasteiger partial charge on any atom is 0.122 e. The lowest BCUT2D eigenvalue weighted by molar-refractivity contribution is -0.193. The molecule has 174 valence electrons. The first-order valence-electron chi connectivity index (χ1n) is 11.2. The monoisotopic (exact) mass is 503 g/mol. The van der Waals surface area contributed by atoms with Crippen LogP contribution in [-0.4, -0.2) is 30.6 Å². The van der Waals surface area contributed by atoms with E-state index < -0.39 is 5.60 Å². The van der Waals surface area contributed by atoms with Gasteiger partial charge in [-0.15, -0.1) is 0 Å². The van der Waals surface area contributed by atoms with Crippen LogP contribution in [-0.2, 0) is 28.3 Å². The van der Waals surface area contributed by atoms with Gasteiger partial charge in [0.2, 0.25) is 0 Å². The average Bonchev–Trinajstić information content (AvgIpc) is 2.85. The average molecular weight is 505 g/mol. The second kappa shape index (κ2) is 11.2. The number of ether oxygens (including phenoxy) is 2. The van der Waals surface area contributed by atoms with Gasteiger partial charge < -0.3 is 14.4 Å². The molecule has 0 N–H and O–H groups in total. The van der Waals surface area contributed by atoms with Crippen molar-refractivity contribution in [3.63, 3.8) is 0 Å². The minimum Gasteiger partial charge on any atom is -0.369 e. The van der Waals surface area contributed by atoms with Crippen LogP contribution in [0.5, 0.6) is 0 Å². The number of hydrogen-bond donors (Lipinski definition) is 0. The first kappa shape index (κ1) is 24.5. The van der Waals surface area contributed by atoms with Crippen LogP contribution in [0.1, 0.15) is 30.0 Å². The van der Waals surface area contributed by atoms with Crippen LogP contribution in [0.25, 0.3) is 0 Å². The van der Waals surface area contributed by atoms with Gasteiger partial charge in [0, 0.05) is 18.1 Å². The predicted octanol–water partition coefficient (Wildman–Crippen LogP) is 7.37. The molecule has 0 amide bonds. The largest absolute Gasteiger partial charge is 0.369 e. The lowest BCUT2D eigenvalue weighted by Gasteiger charge is -2.47. The molecule has 1 fully saturated rings. The van der Waals surface area contributed by atoms with Crippen molar-refractivity contribution < 1.29 is 9.47 Å². The van der Waals surface area contributed by atoms with Crippen LogP contribution >= 0.6 is 34.8 Å². The van der Waals surface area contributed by atoms with Crippen LogP contribution in [0.4, 0.5) is 0 Å². The van der Waals surface area contributed by atoms with Gasteiger partial charge in [-0.05, 0) is 53.9 Å². The molecule has 1 heterocycles. The van der Waals surface area contributed by atoms with E-state index in [1.54, 1.807) is 6.07 Å². The zero-order valence-electron chi connectivity index (χ0n) is 18.6. The van der Waals surface area contributed by atoms with Crippen molar-refractivity contribution >= 4 is 34.8 Å². The lowest BCUT2D eigenvalue weighted by Crippen LogP contribution is -2.55. The molecule has 1 aliphatic rings. The normalized spacial score (nSPS) is 21.3. The van der Waals surface area contributed by atoms with Gasteiger partial charge in [0.15, 0.2) is 0 Å². The van der Waals surface area contributed by atoms with E-state index >= 15 is 0 Å². The van der Waals surface area contributed by atoms with Crippen LogP contribution in [0, 0.1) is 0 Å². The zero-order chi connectivity index (χ0) is 23.3. The van der Waals surface area contributed by atoms with Gasteiger partial charge in [-0.3, -0.25) is 0 Å². The van der Waals surface area contributed by atoms with Crippen molar-refractivity contribution in [3.8, 4) is 0 Å². The van der Waals surface area contributed by atoms with Gasteiger partial charge in [-0.2, -0.15) is 0 Å². The Morgan fingerprint density at radius 2 is 1.64 bits per heavy atom. The Hall–Kier alpha value is -1.59. The first-order chi connectivity index (χ1) is 16.0. The van der Waals surface area contributed by atoms with Crippen molar-refractivity contribution in [1.29, 1.82) is 0 Å². The summed E-state index contributed by atoms with van der Waals surface area (Å²) in [5.74, 6) is 0. The SMILES string of the molecule is CCN1CC[C@@](OCc2ccccc2)(c2ccc(Cl)cc2)[C@H](OCc2ccc(Cl)c(Cl)c2)C1. The molecule has 0 aromatic heterocycles. The Morgan fingerprint density at radius 3 is 2.33 bits per heavy atom. The van der Waals surface area contributed by atoms with Crippen LogP contribution in [0.15, 0.2) is 72.8 Å². The molecule has 33 heavy (non-hydrogen) atoms. The van der Waals surface area contributed by atoms with Crippen molar-refractivity contribution in [2.24, 2.45) is 0 Å². The summed E-state index contributed by atoms with van der Waals surface area (Å²) >= 11 is 18.5. The highest BCUT2D eigenvalue weighted by atomic mass is 35.5. The van der Waals surface area contributed by atoms with E-state index in [9.17, 15) is 0 Å². The fourth-order valence-corrected chi connectivity index (χ4v) is 4.80. The van der Waals surface area contributed by atoms with E-state index in [0.29, 0.717) is 28.3 Å². The number of benzene rings is 3. The number of likely N-dealkylation sites (tertiary alicyclic amines) is 1. The fraction of sp³-hybridized carbons (Fsp3) is 0.333. The third-order valence-electron chi connectivity index (χ3n) is 6.30. The van der Waals surface area contributed by atoms with Gasteiger partial charge in [-0.1, -0.05) is 90.3 Å². The molecule has 0 bridgehead atoms. The van der Waals surface area contributed by atoms with Crippen LogP contribution in [0.3, 0.4) is 0 Å². The van der Waals surface area contributed by atoms with E-state index in [1.807, 2.05) is 42.5 Å². The molecule has 0 aliphatic carbocycles. The highest BCUT2D eigenvalue weighted by molar-refractivity contribution is 6.42. The summed E-state index contributed by atoms with van der Waals surface area (Å²) in [6, 6.07) is 23.8. The van der Waals surface area contributed by atoms with E-state index in [1.165, 1.54) is 0 Å². The second-order valence-corrected chi connectivity index (χ2v) is 9.61. The molecule has 0 saturated carbocycles. The Morgan fingerprint density at radius 1 is 0.879 bits per heavy atom. The van der Waals surface area contributed by atoms with E-state index in [2.05, 4.69) is 36.1 Å². The van der Waals surface area contributed by atoms with Gasteiger partial charge in [0.05, 0.1) is 23.3 Å². The third-order valence-corrected chi connectivity index (χ3v) is 7.29. The number of halogens is 3. The minimum atomic E-state index is -0.595. The molecule has 0 spiro atoms. The summed E-state index contributed by atoms with van der Waals surface area (Å²) in [4.78, 5) is 2.40. The van der Waals surface area contributed by atoms with Crippen LogP contribution < -0.4 is 0 Å². The van der Waals surface area contributed by atoms with Crippen molar-refractivity contribution in [2.75, 3.05) is 19.6 Å². The number of likely N-dealkylation sites (N-methyl/N-ethyl adjacent to an activating group) is 1. The highest BCUT2D eigenvalue weighted by Gasteiger charge is 2.46. The number of rotatable bonds is 8. The van der Waals surface area contributed by atoms with E-state index in [4.69, 9.17) is 44.3 Å². The van der Waals surface area contributed by atoms with Gasteiger partial charge in [0.25, 0.3) is 0 Å². The maximum absolute atomic E-state index is 6.78. The smallest absolute Gasteiger partial charge is 0.122 e. The summed E-state index contributed by atoms with van der Waals surface area (Å²) < 4.78 is 13.4. The van der Waals surface area contributed by atoms with Crippen molar-refractivity contribution in [2.45, 2.75) is 38.3 Å². The summed E-state index contributed by atoms with van der Waals surface area (Å²) in [6.07, 6.45) is 0.645. The van der Waals surface area contributed by atoms with Crippen molar-refractivity contribution in [3.05, 3.63) is 105 Å². The maximum atomic E-state index is 6.78. The zero-order valence-corrected chi connectivity index (χ0v) is 20.9. The molecule has 1 saturated heterocycles. The summed E-state index contributed by atoms with van der Waals surface area (Å²) in [6.45, 7) is 5.76. The summed E-state index contributed by atoms with van der Waals surface area (Å²) in [5.41, 5.74) is 2.60. The Labute approximate surface area is 211 Å². The van der Waals surface area contributed by atoms with E-state index in [0.717, 1.165) is 42.7 Å². The fourth-order valence-electron chi connectivity index (χ4n) is 4.36. The molecule has 3 aromatic carbocycles. The molecule has 1 aliphatic heterocycles. The van der Waals surface area contributed by atoms with Gasteiger partial charge in [0.1, 0.15) is 11.7 Å². The van der Waals surface area contributed by atoms with Gasteiger partial charge in [-0.25, -0.2) is 0 Å². The Bertz CT molecular complexity index is 1040. The Kier molecular flexibility index (Phi) is 8.34. The number of hydrogen-bond acceptors (Lipinski definition) is 3. The van der Waals surface area contributed by atoms with Crippen LogP contribution in [0.2, 0.25) is 15.1 Å². The topological polar surface area (TPSA) is 21.7 Å². The number of piperidine rings is 1. The lowest BCUT2D eigenvalue weighted by atomic mass is 9.81. The number of nitrogens with zero attached hydrogens (tertiary/aromatic N) is 1. The molecule has 2 atom stereocenters. The minimum absolute atomic E-state index is 0.175. The highest BCUT2D eigenvalue weighted by Crippen LogP contribution is 2.40. The summed E-state index contributed by atoms with van der Waals surface area (Å²) in [5, 5.41) is 1.77. The standard InChI is InChI=1S/C27H28Cl3NO2/c1-2-31-15-14-27(22-9-11-23(28)12-10-22,33-19-20-6-4-3-5-7-20)26(17-31)32-18-21-8-13-24(29)25(30)16-21/h3-13,16,26H,2,14-15,17-19H2,1H3/t26-,27-/m1/s1. The molecule has 3 aromatic rings. The molecule has 0 unspecified atom stereocenters. The molecular weight excluding hydrogens is 477 g/mol. The Balaban J connectivity index is 1.65. The third kappa shape index (κ3) is 5.92. The van der Waals surface area contributed by atoms with E-state index in [-0.39, 0.29) is 6.10 Å². The molecular formula is C27H28Cl3NO2. The molecule has 4 rings (SSSR count). The first-order valence-corrected chi connectivity index (χ1v) is 12.4. The quantitative estimate of drug-likeness (QED) is 0.320. The van der Waals surface area contributed by atoms with Gasteiger partial charge >= 0.3 is 0 Å². The molecule has 3 nitrogen and oxygen atoms in total. The predicted molar refractivity (Wildman–Crippen MR) is 136 cm³/mol. The summed E-state index contributed by atoms with van der Waals surface area (Å²) in [7, 11) is 0.